The smallest absolute Gasteiger partial charge is 0.322 e. The van der Waals surface area contributed by atoms with Crippen LogP contribution >= 0.6 is 0 Å². The fourth-order valence-corrected chi connectivity index (χ4v) is 1.82. The Morgan fingerprint density at radius 1 is 1.28 bits per heavy atom. The minimum absolute atomic E-state index is 0.0290. The molecule has 18 heavy (non-hydrogen) atoms. The van der Waals surface area contributed by atoms with Gasteiger partial charge in [0.25, 0.3) is 5.91 Å². The molecule has 0 bridgehead atoms. The Hall–Kier alpha value is -2.44. The molecule has 0 radical (unpaired) electrons. The van der Waals surface area contributed by atoms with Gasteiger partial charge in [-0.3, -0.25) is 10.1 Å². The average molecular weight is 252 g/mol. The zero-order valence-corrected chi connectivity index (χ0v) is 9.56. The molecule has 3 amide bonds. The van der Waals surface area contributed by atoms with E-state index >= 15 is 0 Å². The van der Waals surface area contributed by atoms with Crippen LogP contribution in [0.1, 0.15) is 5.56 Å². The highest BCUT2D eigenvalue weighted by Crippen LogP contribution is 2.36. The molecule has 1 aliphatic heterocycles. The summed E-state index contributed by atoms with van der Waals surface area (Å²) >= 11 is 0. The van der Waals surface area contributed by atoms with Crippen molar-refractivity contribution in [3.05, 3.63) is 17.7 Å². The zero-order valence-electron chi connectivity index (χ0n) is 9.56. The number of nitrogens with one attached hydrogen (secondary N) is 2. The Morgan fingerprint density at radius 2 is 1.89 bits per heavy atom. The molecule has 0 aliphatic carbocycles. The summed E-state index contributed by atoms with van der Waals surface area (Å²) in [5.74, 6) is -0.914. The van der Waals surface area contributed by atoms with Gasteiger partial charge in [0.05, 0.1) is 7.11 Å². The molecule has 1 heterocycles. The second-order valence-electron chi connectivity index (χ2n) is 3.89. The van der Waals surface area contributed by atoms with Crippen molar-refractivity contribution in [3.8, 4) is 17.2 Å². The third-order valence-electron chi connectivity index (χ3n) is 2.61. The third kappa shape index (κ3) is 2.15. The Morgan fingerprint density at radius 3 is 2.33 bits per heavy atom. The molecular weight excluding hydrogens is 240 g/mol. The second-order valence-corrected chi connectivity index (χ2v) is 3.89. The van der Waals surface area contributed by atoms with Gasteiger partial charge in [0.2, 0.25) is 5.75 Å². The minimum atomic E-state index is -0.704. The number of imide groups is 1. The van der Waals surface area contributed by atoms with Gasteiger partial charge in [0.15, 0.2) is 11.5 Å². The van der Waals surface area contributed by atoms with Crippen molar-refractivity contribution in [1.29, 1.82) is 0 Å². The fraction of sp³-hybridized carbons (Fsp3) is 0.273. The second kappa shape index (κ2) is 4.44. The first-order valence-corrected chi connectivity index (χ1v) is 5.21. The molecule has 1 aromatic rings. The first kappa shape index (κ1) is 12.0. The Balaban J connectivity index is 2.20. The lowest BCUT2D eigenvalue weighted by atomic mass is 10.0. The molecule has 1 aromatic carbocycles. The molecule has 7 heteroatoms. The molecular formula is C11H12N2O5. The zero-order chi connectivity index (χ0) is 13.3. The Kier molecular flexibility index (Phi) is 2.97. The highest BCUT2D eigenvalue weighted by atomic mass is 16.5. The van der Waals surface area contributed by atoms with Crippen LogP contribution in [0.4, 0.5) is 4.79 Å². The van der Waals surface area contributed by atoms with Crippen LogP contribution in [0.15, 0.2) is 12.1 Å². The molecule has 96 valence electrons. The molecule has 1 aliphatic rings. The van der Waals surface area contributed by atoms with Crippen molar-refractivity contribution in [2.75, 3.05) is 7.11 Å². The first-order valence-electron chi connectivity index (χ1n) is 5.21. The van der Waals surface area contributed by atoms with Gasteiger partial charge in [-0.2, -0.15) is 0 Å². The predicted octanol–water partition coefficient (Wildman–Crippen LogP) is -0.143. The number of rotatable bonds is 3. The molecule has 2 rings (SSSR count). The number of methoxy groups -OCH3 is 1. The number of aromatic hydroxyl groups is 2. The van der Waals surface area contributed by atoms with Crippen LogP contribution in [0.5, 0.6) is 17.2 Å². The number of hydrogen-bond donors (Lipinski definition) is 4. The van der Waals surface area contributed by atoms with Gasteiger partial charge < -0.3 is 20.3 Å². The number of phenols is 2. The minimum Gasteiger partial charge on any atom is -0.504 e. The number of carbonyl (C=O) groups is 2. The van der Waals surface area contributed by atoms with Crippen LogP contribution in [0.3, 0.4) is 0 Å². The molecule has 1 atom stereocenters. The van der Waals surface area contributed by atoms with Gasteiger partial charge in [0, 0.05) is 6.42 Å². The standard InChI is InChI=1S/C11H12N2O5/c1-18-9-7(14)3-5(4-8(9)15)2-6-10(16)13-11(17)12-6/h3-4,6,14-15H,2H2,1H3,(H2,12,13,16,17). The van der Waals surface area contributed by atoms with Crippen molar-refractivity contribution < 1.29 is 24.5 Å². The van der Waals surface area contributed by atoms with Gasteiger partial charge in [-0.15, -0.1) is 0 Å². The van der Waals surface area contributed by atoms with Gasteiger partial charge in [0.1, 0.15) is 6.04 Å². The van der Waals surface area contributed by atoms with Crippen LogP contribution in [0.2, 0.25) is 0 Å². The van der Waals surface area contributed by atoms with Gasteiger partial charge in [-0.1, -0.05) is 0 Å². The van der Waals surface area contributed by atoms with Crippen molar-refractivity contribution >= 4 is 11.9 Å². The van der Waals surface area contributed by atoms with Crippen molar-refractivity contribution in [2.45, 2.75) is 12.5 Å². The SMILES string of the molecule is COc1c(O)cc(CC2NC(=O)NC2=O)cc1O. The summed E-state index contributed by atoms with van der Waals surface area (Å²) in [4.78, 5) is 22.3. The van der Waals surface area contributed by atoms with Crippen molar-refractivity contribution in [1.82, 2.24) is 10.6 Å². The maximum atomic E-state index is 11.3. The van der Waals surface area contributed by atoms with Crippen LogP contribution in [0, 0.1) is 0 Å². The molecule has 0 aromatic heterocycles. The van der Waals surface area contributed by atoms with E-state index in [0.29, 0.717) is 5.56 Å². The summed E-state index contributed by atoms with van der Waals surface area (Å²) in [6, 6.07) is 1.49. The number of phenolic OH excluding ortho intramolecular Hbond substituents is 2. The summed E-state index contributed by atoms with van der Waals surface area (Å²) in [6.45, 7) is 0. The molecule has 1 unspecified atom stereocenters. The number of benzene rings is 1. The topological polar surface area (TPSA) is 108 Å². The van der Waals surface area contributed by atoms with Crippen LogP contribution < -0.4 is 15.4 Å². The Bertz CT molecular complexity index is 491. The summed E-state index contributed by atoms with van der Waals surface area (Å²) in [6.07, 6.45) is 0.169. The van der Waals surface area contributed by atoms with Crippen molar-refractivity contribution in [3.63, 3.8) is 0 Å². The number of hydrogen-bond acceptors (Lipinski definition) is 5. The van der Waals surface area contributed by atoms with E-state index in [4.69, 9.17) is 4.74 Å². The van der Waals surface area contributed by atoms with Gasteiger partial charge in [-0.05, 0) is 17.7 Å². The Labute approximate surface area is 102 Å². The highest BCUT2D eigenvalue weighted by molar-refractivity contribution is 6.04. The van der Waals surface area contributed by atoms with E-state index in [1.54, 1.807) is 0 Å². The number of ether oxygens (including phenoxy) is 1. The monoisotopic (exact) mass is 252 g/mol. The van der Waals surface area contributed by atoms with E-state index in [0.717, 1.165) is 0 Å². The van der Waals surface area contributed by atoms with E-state index in [2.05, 4.69) is 10.6 Å². The van der Waals surface area contributed by atoms with Crippen LogP contribution in [0.25, 0.3) is 0 Å². The molecule has 0 spiro atoms. The van der Waals surface area contributed by atoms with Crippen LogP contribution in [-0.4, -0.2) is 35.3 Å². The van der Waals surface area contributed by atoms with Gasteiger partial charge >= 0.3 is 6.03 Å². The van der Waals surface area contributed by atoms with E-state index in [1.165, 1.54) is 19.2 Å². The van der Waals surface area contributed by atoms with Gasteiger partial charge in [-0.25, -0.2) is 4.79 Å². The van der Waals surface area contributed by atoms with E-state index in [1.807, 2.05) is 0 Å². The molecule has 1 fully saturated rings. The van der Waals surface area contributed by atoms with E-state index in [-0.39, 0.29) is 23.7 Å². The summed E-state index contributed by atoms with van der Waals surface area (Å²) in [5.41, 5.74) is 0.508. The van der Waals surface area contributed by atoms with E-state index < -0.39 is 18.0 Å². The highest BCUT2D eigenvalue weighted by Gasteiger charge is 2.29. The maximum Gasteiger partial charge on any atom is 0.322 e. The predicted molar refractivity (Wildman–Crippen MR) is 60.5 cm³/mol. The quantitative estimate of drug-likeness (QED) is 0.560. The molecule has 0 saturated carbocycles. The van der Waals surface area contributed by atoms with Crippen molar-refractivity contribution in [2.24, 2.45) is 0 Å². The number of carbonyl (C=O) groups excluding carboxylic acids is 2. The molecule has 4 N–H and O–H groups in total. The van der Waals surface area contributed by atoms with E-state index in [9.17, 15) is 19.8 Å². The largest absolute Gasteiger partial charge is 0.504 e. The molecule has 1 saturated heterocycles. The first-order chi connectivity index (χ1) is 8.51. The average Bonchev–Trinajstić information content (AvgIpc) is 2.57. The summed E-state index contributed by atoms with van der Waals surface area (Å²) < 4.78 is 4.79. The molecule has 7 nitrogen and oxygen atoms in total. The fourth-order valence-electron chi connectivity index (χ4n) is 1.82. The van der Waals surface area contributed by atoms with Crippen LogP contribution in [-0.2, 0) is 11.2 Å². The lowest BCUT2D eigenvalue weighted by molar-refractivity contribution is -0.120. The number of urea groups is 1. The summed E-state index contributed by atoms with van der Waals surface area (Å²) in [7, 11) is 1.32. The normalized spacial score (nSPS) is 18.4. The lowest BCUT2D eigenvalue weighted by Gasteiger charge is -2.11. The number of amides is 3. The third-order valence-corrected chi connectivity index (χ3v) is 2.61. The maximum absolute atomic E-state index is 11.3. The lowest BCUT2D eigenvalue weighted by Crippen LogP contribution is -2.31. The summed E-state index contributed by atoms with van der Waals surface area (Å²) in [5, 5.41) is 23.7.